The second-order valence-electron chi connectivity index (χ2n) is 10.9. The second kappa shape index (κ2) is 10.0. The van der Waals surface area contributed by atoms with Gasteiger partial charge in [0.25, 0.3) is 0 Å². The van der Waals surface area contributed by atoms with Crippen LogP contribution in [0.1, 0.15) is 49.7 Å². The maximum Gasteiger partial charge on any atom is 0.349 e. The molecule has 3 heterocycles. The van der Waals surface area contributed by atoms with Gasteiger partial charge in [0.05, 0.1) is 49.9 Å². The summed E-state index contributed by atoms with van der Waals surface area (Å²) in [5.41, 5.74) is -0.556. The number of nitrogens with zero attached hydrogens (tertiary/aromatic N) is 1. The van der Waals surface area contributed by atoms with Crippen molar-refractivity contribution in [1.82, 2.24) is 0 Å². The lowest BCUT2D eigenvalue weighted by molar-refractivity contribution is -0.943. The molecule has 0 amide bonds. The highest BCUT2D eigenvalue weighted by atomic mass is 32.2. The lowest BCUT2D eigenvalue weighted by Crippen LogP contribution is -2.53. The highest BCUT2D eigenvalue weighted by molar-refractivity contribution is 7.90. The Morgan fingerprint density at radius 3 is 1.95 bits per heavy atom. The molecule has 4 unspecified atom stereocenters. The fourth-order valence-corrected chi connectivity index (χ4v) is 8.19. The third kappa shape index (κ3) is 4.12. The first kappa shape index (κ1) is 25.4. The molecule has 200 valence electrons. The van der Waals surface area contributed by atoms with Crippen LogP contribution in [-0.2, 0) is 33.1 Å². The smallest absolute Gasteiger partial charge is 0.349 e. The number of ether oxygens (including phenoxy) is 1. The Balaban J connectivity index is 1.26. The number of hydrogen-bond donors (Lipinski definition) is 1. The number of rotatable bonds is 10. The lowest BCUT2D eigenvalue weighted by Gasteiger charge is -2.39. The van der Waals surface area contributed by atoms with E-state index in [0.717, 1.165) is 0 Å². The van der Waals surface area contributed by atoms with Crippen LogP contribution in [0.5, 0.6) is 0 Å². The first-order valence-corrected chi connectivity index (χ1v) is 14.1. The van der Waals surface area contributed by atoms with E-state index in [1.165, 1.54) is 43.3 Å². The molecule has 2 bridgehead atoms. The third-order valence-electron chi connectivity index (χ3n) is 9.15. The molecule has 3 saturated heterocycles. The zero-order valence-corrected chi connectivity index (χ0v) is 21.9. The third-order valence-corrected chi connectivity index (χ3v) is 9.72. The summed E-state index contributed by atoms with van der Waals surface area (Å²) in [7, 11) is 0. The highest BCUT2D eigenvalue weighted by Crippen LogP contribution is 2.66. The van der Waals surface area contributed by atoms with Gasteiger partial charge in [0.1, 0.15) is 6.10 Å². The Morgan fingerprint density at radius 2 is 1.42 bits per heavy atom. The Labute approximate surface area is 226 Å². The zero-order valence-electron chi connectivity index (χ0n) is 21.1. The fraction of sp³-hybridized carbons (Fsp3) is 0.483. The first-order chi connectivity index (χ1) is 18.5. The van der Waals surface area contributed by atoms with E-state index in [-0.39, 0.29) is 18.9 Å². The van der Waals surface area contributed by atoms with Gasteiger partial charge < -0.3 is 18.5 Å². The molecule has 6 rings (SSSR count). The summed E-state index contributed by atoms with van der Waals surface area (Å²) in [5.74, 6) is -1.56. The predicted molar refractivity (Wildman–Crippen MR) is 138 cm³/mol. The van der Waals surface area contributed by atoms with Crippen molar-refractivity contribution >= 4 is 30.2 Å². The summed E-state index contributed by atoms with van der Waals surface area (Å²) in [6.45, 7) is 2.52. The number of carboxylic acid groups (broad SMARTS) is 1. The van der Waals surface area contributed by atoms with Gasteiger partial charge in [-0.1, -0.05) is 60.7 Å². The van der Waals surface area contributed by atoms with Crippen LogP contribution in [0.2, 0.25) is 0 Å². The number of carboxylic acids is 1. The normalized spacial score (nSPS) is 28.2. The van der Waals surface area contributed by atoms with E-state index in [9.17, 15) is 14.4 Å². The van der Waals surface area contributed by atoms with Crippen LogP contribution in [0.4, 0.5) is 0 Å². The van der Waals surface area contributed by atoms with Gasteiger partial charge in [-0.15, -0.1) is 0 Å². The molecule has 2 aromatic carbocycles. The van der Waals surface area contributed by atoms with Gasteiger partial charge in [-0.2, -0.15) is 0 Å². The van der Waals surface area contributed by atoms with Crippen molar-refractivity contribution in [3.63, 3.8) is 0 Å². The number of fused-ring (bicyclic) bond motifs is 3. The van der Waals surface area contributed by atoms with Gasteiger partial charge in [-0.05, 0) is 0 Å². The molecule has 3 aliphatic heterocycles. The summed E-state index contributed by atoms with van der Waals surface area (Å²) >= 11 is 0.389. The van der Waals surface area contributed by atoms with Crippen molar-refractivity contribution in [3.8, 4) is 0 Å². The zero-order chi connectivity index (χ0) is 26.3. The molecule has 4 fully saturated rings. The molecule has 4 atom stereocenters. The van der Waals surface area contributed by atoms with Crippen molar-refractivity contribution in [1.29, 1.82) is 0 Å². The second-order valence-corrected chi connectivity index (χ2v) is 11.4. The summed E-state index contributed by atoms with van der Waals surface area (Å²) in [5, 5.41) is 8.85. The number of carbonyl (C=O) groups is 3. The largest absolute Gasteiger partial charge is 0.481 e. The highest BCUT2D eigenvalue weighted by Gasteiger charge is 2.79. The molecule has 1 aliphatic carbocycles. The molecular formula is C29H32NO7S+. The van der Waals surface area contributed by atoms with Crippen molar-refractivity contribution in [2.24, 2.45) is 11.8 Å². The molecule has 8 nitrogen and oxygen atoms in total. The molecule has 38 heavy (non-hydrogen) atoms. The molecule has 0 radical (unpaired) electrons. The fourth-order valence-electron chi connectivity index (χ4n) is 7.64. The topological polar surface area (TPSA) is 99.1 Å². The van der Waals surface area contributed by atoms with Gasteiger partial charge >= 0.3 is 17.9 Å². The van der Waals surface area contributed by atoms with E-state index >= 15 is 0 Å². The molecule has 2 aromatic rings. The van der Waals surface area contributed by atoms with Crippen LogP contribution in [0.15, 0.2) is 60.7 Å². The van der Waals surface area contributed by atoms with Crippen LogP contribution in [-0.4, -0.2) is 58.8 Å². The number of quaternary nitrogens is 1. The molecular weight excluding hydrogens is 506 g/mol. The monoisotopic (exact) mass is 538 g/mol. The summed E-state index contributed by atoms with van der Waals surface area (Å²) in [6.07, 6.45) is 4.23. The Bertz CT molecular complexity index is 1140. The van der Waals surface area contributed by atoms with Crippen LogP contribution < -0.4 is 0 Å². The van der Waals surface area contributed by atoms with Gasteiger partial charge in [0.15, 0.2) is 0 Å². The van der Waals surface area contributed by atoms with E-state index in [1.807, 2.05) is 36.4 Å². The molecule has 1 spiro atoms. The minimum Gasteiger partial charge on any atom is -0.481 e. The van der Waals surface area contributed by atoms with Gasteiger partial charge in [0, 0.05) is 36.8 Å². The summed E-state index contributed by atoms with van der Waals surface area (Å²) in [6, 6.07) is 19.3. The molecule has 4 aliphatic rings. The van der Waals surface area contributed by atoms with Crippen LogP contribution >= 0.6 is 12.3 Å². The van der Waals surface area contributed by atoms with Gasteiger partial charge in [0.2, 0.25) is 17.9 Å². The standard InChI is InChI=1S/C29H31NO7S/c31-23(32)15-16-24(33)36-38-37-29(19-9-3-1-4-10-19,20-11-5-2-6-12-20)28(34)35-27-25-21-13-14-22(26(25)27)30(21)17-7-8-18-30/h1-6,9-12,21-22,25-27H,7-8,13-18H2/p+1. The predicted octanol–water partition coefficient (Wildman–Crippen LogP) is 4.23. The Hall–Kier alpha value is -2.88. The van der Waals surface area contributed by atoms with E-state index in [0.29, 0.717) is 47.4 Å². The maximum absolute atomic E-state index is 14.2. The lowest BCUT2D eigenvalue weighted by atomic mass is 9.86. The van der Waals surface area contributed by atoms with Crippen molar-refractivity contribution in [2.45, 2.75) is 62.3 Å². The van der Waals surface area contributed by atoms with Crippen LogP contribution in [0.3, 0.4) is 0 Å². The minimum absolute atomic E-state index is 0.122. The number of hydrogen-bond acceptors (Lipinski definition) is 7. The quantitative estimate of drug-likeness (QED) is 0.273. The van der Waals surface area contributed by atoms with Gasteiger partial charge in [-0.25, -0.2) is 4.79 Å². The van der Waals surface area contributed by atoms with Crippen molar-refractivity contribution in [2.75, 3.05) is 13.1 Å². The number of aliphatic carboxylic acids is 1. The van der Waals surface area contributed by atoms with E-state index in [2.05, 4.69) is 0 Å². The number of esters is 1. The SMILES string of the molecule is O=C(O)CCC(=O)OSOC(C(=O)OC1C2C1C1CCC2[N+]12CCCC2)(c1ccccc1)c1ccccc1. The molecule has 1 N–H and O–H groups in total. The molecule has 1 saturated carbocycles. The van der Waals surface area contributed by atoms with Crippen molar-refractivity contribution in [3.05, 3.63) is 71.8 Å². The van der Waals surface area contributed by atoms with Gasteiger partial charge in [-0.3, -0.25) is 13.8 Å². The van der Waals surface area contributed by atoms with Crippen LogP contribution in [0, 0.1) is 11.8 Å². The maximum atomic E-state index is 14.2. The molecule has 0 aromatic heterocycles. The number of benzene rings is 2. The average molecular weight is 539 g/mol. The molecule has 9 heteroatoms. The van der Waals surface area contributed by atoms with E-state index < -0.39 is 23.5 Å². The average Bonchev–Trinajstić information content (AvgIpc) is 3.22. The number of carbonyl (C=O) groups excluding carboxylic acids is 2. The Kier molecular flexibility index (Phi) is 6.70. The summed E-state index contributed by atoms with van der Waals surface area (Å²) < 4.78 is 18.8. The van der Waals surface area contributed by atoms with E-state index in [4.69, 9.17) is 18.2 Å². The number of piperidine rings is 1. The van der Waals surface area contributed by atoms with Crippen LogP contribution in [0.25, 0.3) is 0 Å². The van der Waals surface area contributed by atoms with Crippen molar-refractivity contribution < 1.29 is 37.1 Å². The Morgan fingerprint density at radius 1 is 0.868 bits per heavy atom. The summed E-state index contributed by atoms with van der Waals surface area (Å²) in [4.78, 5) is 37.1. The minimum atomic E-state index is -1.67. The first-order valence-electron chi connectivity index (χ1n) is 13.4. The van der Waals surface area contributed by atoms with E-state index in [1.54, 1.807) is 24.3 Å².